The minimum Gasteiger partial charge on any atom is -0.493 e. The van der Waals surface area contributed by atoms with Crippen LogP contribution >= 0.6 is 0 Å². The van der Waals surface area contributed by atoms with Crippen molar-refractivity contribution in [1.29, 1.82) is 0 Å². The summed E-state index contributed by atoms with van der Waals surface area (Å²) in [5, 5.41) is 1.96. The van der Waals surface area contributed by atoms with E-state index in [1.54, 1.807) is 14.2 Å². The molecule has 1 aliphatic carbocycles. The van der Waals surface area contributed by atoms with Crippen LogP contribution in [-0.4, -0.2) is 50.5 Å². The monoisotopic (exact) mass is 749 g/mol. The molecule has 10 rings (SSSR count). The molecule has 3 heterocycles. The van der Waals surface area contributed by atoms with Gasteiger partial charge >= 0.3 is 0 Å². The second kappa shape index (κ2) is 13.6. The summed E-state index contributed by atoms with van der Waals surface area (Å²) in [6, 6.07) is 44.2. The van der Waals surface area contributed by atoms with Crippen molar-refractivity contribution in [2.24, 2.45) is 0 Å². The Kier molecular flexibility index (Phi) is 8.38. The Labute approximate surface area is 333 Å². The van der Waals surface area contributed by atoms with E-state index >= 15 is 0 Å². The van der Waals surface area contributed by atoms with E-state index in [-0.39, 0.29) is 5.41 Å². The van der Waals surface area contributed by atoms with Crippen LogP contribution in [0.5, 0.6) is 17.2 Å². The van der Waals surface area contributed by atoms with Crippen molar-refractivity contribution in [3.8, 4) is 50.9 Å². The fraction of sp³-hybridized carbons (Fsp3) is 0.200. The van der Waals surface area contributed by atoms with Crippen LogP contribution in [0.15, 0.2) is 133 Å². The van der Waals surface area contributed by atoms with Crippen molar-refractivity contribution in [3.63, 3.8) is 0 Å². The average molecular weight is 750 g/mol. The fourth-order valence-electron chi connectivity index (χ4n) is 9.05. The summed E-state index contributed by atoms with van der Waals surface area (Å²) in [5.74, 6) is 2.59. The van der Waals surface area contributed by atoms with Crippen molar-refractivity contribution in [3.05, 3.63) is 162 Å². The van der Waals surface area contributed by atoms with Gasteiger partial charge in [-0.15, -0.1) is 0 Å². The normalized spacial score (nSPS) is 17.7. The lowest BCUT2D eigenvalue weighted by Crippen LogP contribution is -2.38. The lowest BCUT2D eigenvalue weighted by Gasteiger charge is -2.37. The van der Waals surface area contributed by atoms with E-state index in [1.165, 1.54) is 22.3 Å². The molecule has 1 saturated heterocycles. The third-order valence-corrected chi connectivity index (χ3v) is 11.9. The maximum Gasteiger partial charge on any atom is 0.212 e. The van der Waals surface area contributed by atoms with Gasteiger partial charge in [-0.3, -0.25) is 0 Å². The van der Waals surface area contributed by atoms with Gasteiger partial charge in [0.1, 0.15) is 5.75 Å². The van der Waals surface area contributed by atoms with Crippen LogP contribution in [-0.2, 0) is 15.8 Å². The Morgan fingerprint density at radius 3 is 1.89 bits per heavy atom. The molecule has 0 bridgehead atoms. The predicted molar refractivity (Wildman–Crippen MR) is 227 cm³/mol. The van der Waals surface area contributed by atoms with Crippen LogP contribution in [0.1, 0.15) is 41.9 Å². The summed E-state index contributed by atoms with van der Waals surface area (Å²) in [6.07, 6.45) is 4.42. The second-order valence-corrected chi connectivity index (χ2v) is 15.4. The highest BCUT2D eigenvalue weighted by atomic mass is 16.5. The van der Waals surface area contributed by atoms with E-state index in [9.17, 15) is 0 Å². The lowest BCUT2D eigenvalue weighted by atomic mass is 9.77. The number of morpholine rings is 1. The fourth-order valence-corrected chi connectivity index (χ4v) is 9.05. The van der Waals surface area contributed by atoms with Gasteiger partial charge in [0.15, 0.2) is 17.3 Å². The highest BCUT2D eigenvalue weighted by molar-refractivity contribution is 6.09. The molecule has 0 radical (unpaired) electrons. The Hall–Kier alpha value is -6.44. The second-order valence-electron chi connectivity index (χ2n) is 15.4. The number of fused-ring (bicyclic) bond motifs is 8. The molecular formula is C50H43N3O4. The lowest BCUT2D eigenvalue weighted by molar-refractivity contribution is 0.122. The van der Waals surface area contributed by atoms with Gasteiger partial charge in [-0.05, 0) is 64.0 Å². The number of benzene rings is 6. The van der Waals surface area contributed by atoms with Crippen LogP contribution in [0.4, 0.5) is 5.69 Å². The smallest absolute Gasteiger partial charge is 0.212 e. The van der Waals surface area contributed by atoms with Crippen molar-refractivity contribution in [2.45, 2.75) is 24.9 Å². The molecule has 57 heavy (non-hydrogen) atoms. The number of nitrogens with zero attached hydrogens (tertiary/aromatic N) is 3. The molecule has 1 aromatic heterocycles. The van der Waals surface area contributed by atoms with E-state index in [0.29, 0.717) is 30.5 Å². The highest BCUT2D eigenvalue weighted by Gasteiger charge is 2.46. The molecule has 7 heteroatoms. The van der Waals surface area contributed by atoms with Crippen LogP contribution in [0, 0.1) is 0 Å². The molecule has 1 unspecified atom stereocenters. The molecule has 6 aromatic carbocycles. The van der Waals surface area contributed by atoms with E-state index in [4.69, 9.17) is 28.9 Å². The summed E-state index contributed by atoms with van der Waals surface area (Å²) < 4.78 is 25.3. The summed E-state index contributed by atoms with van der Waals surface area (Å²) in [6.45, 7) is 7.73. The molecule has 1 fully saturated rings. The van der Waals surface area contributed by atoms with E-state index in [0.717, 1.165) is 68.9 Å². The zero-order valence-electron chi connectivity index (χ0n) is 32.6. The van der Waals surface area contributed by atoms with Crippen LogP contribution < -0.4 is 19.1 Å². The van der Waals surface area contributed by atoms with Gasteiger partial charge in [0.2, 0.25) is 5.60 Å². The number of methoxy groups -OCH3 is 2. The molecule has 2 aliphatic heterocycles. The summed E-state index contributed by atoms with van der Waals surface area (Å²) in [7, 11) is 3.36. The molecule has 0 amide bonds. The number of anilines is 1. The summed E-state index contributed by atoms with van der Waals surface area (Å²) in [4.78, 5) is 13.2. The van der Waals surface area contributed by atoms with Crippen LogP contribution in [0.3, 0.4) is 0 Å². The van der Waals surface area contributed by atoms with Crippen LogP contribution in [0.2, 0.25) is 0 Å². The number of ether oxygens (including phenoxy) is 4. The average Bonchev–Trinajstić information content (AvgIpc) is 3.53. The van der Waals surface area contributed by atoms with E-state index in [1.807, 2.05) is 36.4 Å². The van der Waals surface area contributed by atoms with Gasteiger partial charge in [0.05, 0.1) is 38.8 Å². The first-order valence-corrected chi connectivity index (χ1v) is 19.6. The molecule has 3 aliphatic rings. The number of rotatable bonds is 7. The molecule has 7 aromatic rings. The molecular weight excluding hydrogens is 707 g/mol. The molecule has 0 spiro atoms. The molecule has 282 valence electrons. The number of hydrogen-bond acceptors (Lipinski definition) is 7. The van der Waals surface area contributed by atoms with Crippen molar-refractivity contribution >= 4 is 22.5 Å². The minimum absolute atomic E-state index is 0.310. The molecule has 7 nitrogen and oxygen atoms in total. The van der Waals surface area contributed by atoms with Gasteiger partial charge in [0.25, 0.3) is 0 Å². The van der Waals surface area contributed by atoms with E-state index < -0.39 is 5.60 Å². The summed E-state index contributed by atoms with van der Waals surface area (Å²) in [5.41, 5.74) is 10.1. The first-order valence-electron chi connectivity index (χ1n) is 19.6. The molecule has 1 atom stereocenters. The van der Waals surface area contributed by atoms with Crippen LogP contribution in [0.25, 0.3) is 50.5 Å². The first kappa shape index (κ1) is 35.0. The minimum atomic E-state index is -1.21. The SMILES string of the molecule is COc1cc2c3c(c4c(c2cc1OC)-c1ccccc1C4(C)C)C=CC(c1ccc(N2CCOCC2)cc1)(c1nc(-c2ccccc2)cc(-c2ccccc2)n1)O3. The third-order valence-electron chi connectivity index (χ3n) is 11.9. The number of aromatic nitrogens is 2. The molecule has 0 saturated carbocycles. The largest absolute Gasteiger partial charge is 0.493 e. The Bertz CT molecular complexity index is 2630. The van der Waals surface area contributed by atoms with Gasteiger partial charge in [-0.2, -0.15) is 0 Å². The maximum atomic E-state index is 7.72. The zero-order valence-corrected chi connectivity index (χ0v) is 32.6. The molecule has 0 N–H and O–H groups in total. The van der Waals surface area contributed by atoms with Gasteiger partial charge in [-0.1, -0.05) is 117 Å². The first-order chi connectivity index (χ1) is 27.9. The number of hydrogen-bond donors (Lipinski definition) is 0. The summed E-state index contributed by atoms with van der Waals surface area (Å²) >= 11 is 0. The van der Waals surface area contributed by atoms with Crippen molar-refractivity contribution < 1.29 is 18.9 Å². The highest BCUT2D eigenvalue weighted by Crippen LogP contribution is 2.59. The van der Waals surface area contributed by atoms with Crippen molar-refractivity contribution in [2.75, 3.05) is 45.4 Å². The quantitative estimate of drug-likeness (QED) is 0.161. The topological polar surface area (TPSA) is 65.9 Å². The zero-order chi connectivity index (χ0) is 38.7. The third kappa shape index (κ3) is 5.59. The Balaban J connectivity index is 1.26. The van der Waals surface area contributed by atoms with Gasteiger partial charge in [-0.25, -0.2) is 9.97 Å². The van der Waals surface area contributed by atoms with Crippen molar-refractivity contribution in [1.82, 2.24) is 9.97 Å². The maximum absolute atomic E-state index is 7.72. The standard InChI is InChI=1S/C50H43N3O4/c1-49(2)40-18-12-11-17-36(40)45-38-29-43(54-3)44(55-4)30-39(38)47-37(46(45)49)23-24-50(57-47,34-19-21-35(22-20-34)53-25-27-56-28-26-53)48-51-41(32-13-7-5-8-14-32)31-42(52-48)33-15-9-6-10-16-33/h5-24,29-31H,25-28H2,1-4H3. The van der Waals surface area contributed by atoms with Gasteiger partial charge < -0.3 is 23.8 Å². The Morgan fingerprint density at radius 1 is 0.667 bits per heavy atom. The van der Waals surface area contributed by atoms with E-state index in [2.05, 4.69) is 122 Å². The Morgan fingerprint density at radius 2 is 1.26 bits per heavy atom. The van der Waals surface area contributed by atoms with Gasteiger partial charge in [0, 0.05) is 51.8 Å². The predicted octanol–water partition coefficient (Wildman–Crippen LogP) is 10.5.